The van der Waals surface area contributed by atoms with E-state index >= 15 is 0 Å². The number of halogens is 5. The molecular weight excluding hydrogens is 372 g/mol. The molecule has 0 bridgehead atoms. The largest absolute Gasteiger partial charge is 0.490 e. The number of alkyl halides is 3. The van der Waals surface area contributed by atoms with Crippen LogP contribution in [0.4, 0.5) is 17.6 Å². The highest BCUT2D eigenvalue weighted by Gasteiger charge is 2.35. The maximum absolute atomic E-state index is 14.1. The Morgan fingerprint density at radius 1 is 1.24 bits per heavy atom. The maximum atomic E-state index is 14.1. The second-order valence-corrected chi connectivity index (χ2v) is 5.26. The Morgan fingerprint density at radius 3 is 2.44 bits per heavy atom. The van der Waals surface area contributed by atoms with Gasteiger partial charge in [-0.3, -0.25) is 9.36 Å². The van der Waals surface area contributed by atoms with Gasteiger partial charge in [0.1, 0.15) is 23.9 Å². The SMILES string of the molecule is Cn1c(C(F)(F)F)cc(=O)n(-c2cc(OCCO)c(Cl)cc2F)c1=O. The van der Waals surface area contributed by atoms with Gasteiger partial charge in [-0.2, -0.15) is 13.2 Å². The number of hydrogen-bond donors (Lipinski definition) is 1. The molecule has 136 valence electrons. The van der Waals surface area contributed by atoms with Gasteiger partial charge >= 0.3 is 11.9 Å². The molecule has 0 saturated heterocycles. The summed E-state index contributed by atoms with van der Waals surface area (Å²) in [7, 11) is 0.804. The Labute approximate surface area is 142 Å². The van der Waals surface area contributed by atoms with Gasteiger partial charge in [0.2, 0.25) is 0 Å². The highest BCUT2D eigenvalue weighted by atomic mass is 35.5. The van der Waals surface area contributed by atoms with Gasteiger partial charge < -0.3 is 9.84 Å². The van der Waals surface area contributed by atoms with Crippen molar-refractivity contribution in [2.24, 2.45) is 7.05 Å². The van der Waals surface area contributed by atoms with E-state index in [9.17, 15) is 27.2 Å². The fourth-order valence-corrected chi connectivity index (χ4v) is 2.28. The van der Waals surface area contributed by atoms with Crippen molar-refractivity contribution in [2.45, 2.75) is 6.18 Å². The lowest BCUT2D eigenvalue weighted by molar-refractivity contribution is -0.144. The topological polar surface area (TPSA) is 73.5 Å². The number of ether oxygens (including phenoxy) is 1. The highest BCUT2D eigenvalue weighted by Crippen LogP contribution is 2.30. The number of rotatable bonds is 4. The van der Waals surface area contributed by atoms with Crippen LogP contribution in [0.3, 0.4) is 0 Å². The number of aliphatic hydroxyl groups excluding tert-OH is 1. The van der Waals surface area contributed by atoms with Crippen molar-refractivity contribution < 1.29 is 27.4 Å². The summed E-state index contributed by atoms with van der Waals surface area (Å²) in [6.45, 7) is -0.588. The summed E-state index contributed by atoms with van der Waals surface area (Å²) in [5.41, 5.74) is -4.86. The molecule has 6 nitrogen and oxygen atoms in total. The van der Waals surface area contributed by atoms with Crippen LogP contribution < -0.4 is 16.0 Å². The number of nitrogens with zero attached hydrogens (tertiary/aromatic N) is 2. The first-order chi connectivity index (χ1) is 11.6. The molecule has 1 heterocycles. The molecule has 0 unspecified atom stereocenters. The molecule has 0 radical (unpaired) electrons. The van der Waals surface area contributed by atoms with E-state index in [0.717, 1.165) is 19.2 Å². The van der Waals surface area contributed by atoms with Gasteiger partial charge in [0, 0.05) is 19.2 Å². The summed E-state index contributed by atoms with van der Waals surface area (Å²) in [4.78, 5) is 24.2. The zero-order valence-electron chi connectivity index (χ0n) is 12.6. The van der Waals surface area contributed by atoms with Crippen LogP contribution in [-0.2, 0) is 13.2 Å². The average Bonchev–Trinajstić information content (AvgIpc) is 2.50. The van der Waals surface area contributed by atoms with Crippen molar-refractivity contribution in [3.05, 3.63) is 55.6 Å². The van der Waals surface area contributed by atoms with Gasteiger partial charge in [0.05, 0.1) is 17.3 Å². The number of aromatic nitrogens is 2. The molecule has 1 aromatic carbocycles. The summed E-state index contributed by atoms with van der Waals surface area (Å²) in [5.74, 6) is -1.26. The van der Waals surface area contributed by atoms with Crippen LogP contribution in [0.1, 0.15) is 5.69 Å². The van der Waals surface area contributed by atoms with E-state index in [1.807, 2.05) is 0 Å². The molecule has 0 amide bonds. The molecule has 0 fully saturated rings. The third-order valence-electron chi connectivity index (χ3n) is 3.20. The number of aliphatic hydroxyl groups is 1. The Balaban J connectivity index is 2.73. The van der Waals surface area contributed by atoms with E-state index in [1.165, 1.54) is 0 Å². The third-order valence-corrected chi connectivity index (χ3v) is 3.50. The van der Waals surface area contributed by atoms with Crippen molar-refractivity contribution >= 4 is 11.6 Å². The standard InChI is InChI=1S/C14H11ClF4N2O4/c1-20-11(14(17,18)19)6-12(23)21(13(20)24)9-5-10(25-3-2-22)7(15)4-8(9)16/h4-6,22H,2-3H2,1H3. The first-order valence-electron chi connectivity index (χ1n) is 6.71. The van der Waals surface area contributed by atoms with E-state index < -0.39 is 34.6 Å². The van der Waals surface area contributed by atoms with Gasteiger partial charge in [-0.05, 0) is 6.07 Å². The third kappa shape index (κ3) is 3.69. The van der Waals surface area contributed by atoms with Gasteiger partial charge in [-0.1, -0.05) is 11.6 Å². The van der Waals surface area contributed by atoms with Gasteiger partial charge in [-0.25, -0.2) is 13.8 Å². The molecule has 0 atom stereocenters. The van der Waals surface area contributed by atoms with E-state index in [4.69, 9.17) is 21.4 Å². The maximum Gasteiger partial charge on any atom is 0.431 e. The Morgan fingerprint density at radius 2 is 1.88 bits per heavy atom. The van der Waals surface area contributed by atoms with Crippen LogP contribution in [0.2, 0.25) is 5.02 Å². The minimum atomic E-state index is -4.93. The Kier molecular flexibility index (Phi) is 5.23. The minimum absolute atomic E-state index is 0.152. The summed E-state index contributed by atoms with van der Waals surface area (Å²) in [5, 5.41) is 8.53. The molecular formula is C14H11ClF4N2O4. The second-order valence-electron chi connectivity index (χ2n) is 4.85. The molecule has 0 aliphatic carbocycles. The fourth-order valence-electron chi connectivity index (χ4n) is 2.08. The first kappa shape index (κ1) is 19.0. The zero-order valence-corrected chi connectivity index (χ0v) is 13.4. The van der Waals surface area contributed by atoms with Crippen molar-refractivity contribution in [2.75, 3.05) is 13.2 Å². The normalized spacial score (nSPS) is 11.6. The number of hydrogen-bond acceptors (Lipinski definition) is 4. The molecule has 2 aromatic rings. The average molecular weight is 383 g/mol. The molecule has 0 aliphatic heterocycles. The summed E-state index contributed by atoms with van der Waals surface area (Å²) < 4.78 is 58.1. The van der Waals surface area contributed by atoms with Crippen molar-refractivity contribution in [3.8, 4) is 11.4 Å². The summed E-state index contributed by atoms with van der Waals surface area (Å²) >= 11 is 5.75. The molecule has 1 aromatic heterocycles. The molecule has 11 heteroatoms. The predicted molar refractivity (Wildman–Crippen MR) is 79.8 cm³/mol. The lowest BCUT2D eigenvalue weighted by Crippen LogP contribution is -2.41. The van der Waals surface area contributed by atoms with Crippen molar-refractivity contribution in [1.29, 1.82) is 0 Å². The van der Waals surface area contributed by atoms with Crippen molar-refractivity contribution in [1.82, 2.24) is 9.13 Å². The molecule has 0 saturated carbocycles. The van der Waals surface area contributed by atoms with Crippen LogP contribution in [0, 0.1) is 5.82 Å². The quantitative estimate of drug-likeness (QED) is 0.817. The van der Waals surface area contributed by atoms with Crippen LogP contribution in [0.5, 0.6) is 5.75 Å². The van der Waals surface area contributed by atoms with Crippen LogP contribution in [0.15, 0.2) is 27.8 Å². The van der Waals surface area contributed by atoms with Crippen LogP contribution in [-0.4, -0.2) is 27.5 Å². The van der Waals surface area contributed by atoms with E-state index in [-0.39, 0.29) is 39.2 Å². The number of benzene rings is 1. The van der Waals surface area contributed by atoms with E-state index in [0.29, 0.717) is 0 Å². The minimum Gasteiger partial charge on any atom is -0.490 e. The Hall–Kier alpha value is -2.33. The summed E-state index contributed by atoms with van der Waals surface area (Å²) in [6.07, 6.45) is -4.93. The second kappa shape index (κ2) is 6.89. The smallest absolute Gasteiger partial charge is 0.431 e. The van der Waals surface area contributed by atoms with E-state index in [2.05, 4.69) is 0 Å². The molecule has 1 N–H and O–H groups in total. The first-order valence-corrected chi connectivity index (χ1v) is 7.09. The lowest BCUT2D eigenvalue weighted by atomic mass is 10.2. The van der Waals surface area contributed by atoms with Gasteiger partial charge in [-0.15, -0.1) is 0 Å². The highest BCUT2D eigenvalue weighted by molar-refractivity contribution is 6.32. The molecule has 25 heavy (non-hydrogen) atoms. The van der Waals surface area contributed by atoms with Crippen LogP contribution >= 0.6 is 11.6 Å². The monoisotopic (exact) mass is 382 g/mol. The molecule has 0 spiro atoms. The summed E-state index contributed by atoms with van der Waals surface area (Å²) in [6, 6.07) is 1.82. The van der Waals surface area contributed by atoms with Crippen LogP contribution in [0.25, 0.3) is 5.69 Å². The zero-order chi connectivity index (χ0) is 18.9. The van der Waals surface area contributed by atoms with Gasteiger partial charge in [0.25, 0.3) is 5.56 Å². The molecule has 2 rings (SSSR count). The van der Waals surface area contributed by atoms with Gasteiger partial charge in [0.15, 0.2) is 0 Å². The van der Waals surface area contributed by atoms with Crippen molar-refractivity contribution in [3.63, 3.8) is 0 Å². The predicted octanol–water partition coefficient (Wildman–Crippen LogP) is 1.72. The fraction of sp³-hybridized carbons (Fsp3) is 0.286. The molecule has 0 aliphatic rings. The Bertz CT molecular complexity index is 921. The van der Waals surface area contributed by atoms with E-state index in [1.54, 1.807) is 0 Å². The lowest BCUT2D eigenvalue weighted by Gasteiger charge is -2.15.